The molecule has 1 amide bonds. The molecule has 3 aliphatic rings. The highest BCUT2D eigenvalue weighted by molar-refractivity contribution is 6.06. The number of fused-ring (bicyclic) bond motifs is 3. The summed E-state index contributed by atoms with van der Waals surface area (Å²) in [5.74, 6) is 0.622. The number of aromatic nitrogens is 5. The first kappa shape index (κ1) is 20.4. The minimum atomic E-state index is -0.576. The minimum absolute atomic E-state index is 0.0391. The summed E-state index contributed by atoms with van der Waals surface area (Å²) in [4.78, 5) is 17.8. The number of hydrogen-bond donors (Lipinski definition) is 1. The number of ether oxygens (including phenoxy) is 1. The average Bonchev–Trinajstić information content (AvgIpc) is 3.74. The lowest BCUT2D eigenvalue weighted by molar-refractivity contribution is 0.102. The fourth-order valence-corrected chi connectivity index (χ4v) is 4.82. The largest absolute Gasteiger partial charge is 0.482 e. The van der Waals surface area contributed by atoms with Crippen molar-refractivity contribution in [1.82, 2.24) is 24.3 Å². The molecule has 1 N–H and O–H groups in total. The van der Waals surface area contributed by atoms with E-state index in [0.29, 0.717) is 29.7 Å². The van der Waals surface area contributed by atoms with Gasteiger partial charge in [-0.1, -0.05) is 6.07 Å². The number of hydrogen-bond acceptors (Lipinski definition) is 5. The van der Waals surface area contributed by atoms with Crippen LogP contribution in [0, 0.1) is 12.7 Å². The fourth-order valence-electron chi connectivity index (χ4n) is 4.82. The first-order valence-electron chi connectivity index (χ1n) is 11.9. The highest BCUT2D eigenvalue weighted by atomic mass is 19.1. The van der Waals surface area contributed by atoms with E-state index in [1.807, 2.05) is 34.4 Å². The van der Waals surface area contributed by atoms with E-state index in [9.17, 15) is 9.18 Å². The molecule has 1 spiro atoms. The topological polar surface area (TPSA) is 86.9 Å². The quantitative estimate of drug-likeness (QED) is 0.470. The van der Waals surface area contributed by atoms with Crippen LogP contribution < -0.4 is 10.1 Å². The monoisotopic (exact) mass is 470 g/mol. The molecular formula is C26H23FN6O2. The Morgan fingerprint density at radius 1 is 1.23 bits per heavy atom. The van der Waals surface area contributed by atoms with Crippen molar-refractivity contribution in [3.05, 3.63) is 71.8 Å². The first-order chi connectivity index (χ1) is 17.0. The molecule has 2 aromatic carbocycles. The fraction of sp³-hybridized carbons (Fsp3) is 0.308. The Balaban J connectivity index is 1.25. The van der Waals surface area contributed by atoms with Crippen LogP contribution in [0.1, 0.15) is 53.2 Å². The van der Waals surface area contributed by atoms with Crippen molar-refractivity contribution in [3.8, 4) is 22.8 Å². The van der Waals surface area contributed by atoms with Crippen molar-refractivity contribution in [1.29, 1.82) is 0 Å². The molecule has 4 aromatic rings. The van der Waals surface area contributed by atoms with E-state index >= 15 is 0 Å². The number of amides is 1. The SMILES string of the molecule is Cc1cc(F)c(C(=O)Nc2cccc3c2OC2(CC2)Cn2cnnc2-3)cc1-n1cnc(C2CC2)c1. The van der Waals surface area contributed by atoms with Gasteiger partial charge >= 0.3 is 0 Å². The Kier molecular flexibility index (Phi) is 4.22. The molecule has 2 aliphatic carbocycles. The molecule has 7 rings (SSSR count). The number of anilines is 1. The van der Waals surface area contributed by atoms with Crippen molar-refractivity contribution in [2.24, 2.45) is 0 Å². The normalized spacial score (nSPS) is 17.3. The molecule has 2 saturated carbocycles. The summed E-state index contributed by atoms with van der Waals surface area (Å²) in [7, 11) is 0. The maximum Gasteiger partial charge on any atom is 0.258 e. The van der Waals surface area contributed by atoms with Crippen molar-refractivity contribution in [3.63, 3.8) is 0 Å². The predicted molar refractivity (Wildman–Crippen MR) is 126 cm³/mol. The number of rotatable bonds is 4. The van der Waals surface area contributed by atoms with Gasteiger partial charge in [-0.2, -0.15) is 0 Å². The van der Waals surface area contributed by atoms with Gasteiger partial charge in [0, 0.05) is 12.1 Å². The maximum absolute atomic E-state index is 15.0. The highest BCUT2D eigenvalue weighted by Gasteiger charge is 2.48. The average molecular weight is 471 g/mol. The molecule has 2 aromatic heterocycles. The van der Waals surface area contributed by atoms with E-state index in [-0.39, 0.29) is 11.2 Å². The smallest absolute Gasteiger partial charge is 0.258 e. The molecule has 0 radical (unpaired) electrons. The zero-order valence-electron chi connectivity index (χ0n) is 19.2. The molecule has 2 fully saturated rings. The third kappa shape index (κ3) is 3.41. The van der Waals surface area contributed by atoms with Crippen molar-refractivity contribution in [2.75, 3.05) is 5.32 Å². The van der Waals surface area contributed by atoms with Gasteiger partial charge in [0.1, 0.15) is 17.7 Å². The number of aryl methyl sites for hydroxylation is 1. The molecule has 8 nitrogen and oxygen atoms in total. The Bertz CT molecular complexity index is 1500. The lowest BCUT2D eigenvalue weighted by Gasteiger charge is -2.19. The van der Waals surface area contributed by atoms with Crippen LogP contribution in [-0.2, 0) is 6.54 Å². The van der Waals surface area contributed by atoms with E-state index in [0.717, 1.165) is 48.2 Å². The van der Waals surface area contributed by atoms with Gasteiger partial charge in [-0.25, -0.2) is 9.37 Å². The number of benzene rings is 2. The number of para-hydroxylation sites is 1. The number of carbonyl (C=O) groups is 1. The van der Waals surface area contributed by atoms with Gasteiger partial charge in [0.15, 0.2) is 11.6 Å². The molecule has 176 valence electrons. The molecule has 35 heavy (non-hydrogen) atoms. The molecular weight excluding hydrogens is 447 g/mol. The summed E-state index contributed by atoms with van der Waals surface area (Å²) >= 11 is 0. The van der Waals surface area contributed by atoms with Gasteiger partial charge in [-0.3, -0.25) is 4.79 Å². The Morgan fingerprint density at radius 3 is 2.89 bits per heavy atom. The van der Waals surface area contributed by atoms with Gasteiger partial charge in [0.05, 0.1) is 41.1 Å². The molecule has 0 atom stereocenters. The predicted octanol–water partition coefficient (Wildman–Crippen LogP) is 4.63. The van der Waals surface area contributed by atoms with Gasteiger partial charge in [0.25, 0.3) is 5.91 Å². The highest BCUT2D eigenvalue weighted by Crippen LogP contribution is 2.49. The lowest BCUT2D eigenvalue weighted by atomic mass is 10.1. The number of nitrogens with zero attached hydrogens (tertiary/aromatic N) is 5. The third-order valence-corrected chi connectivity index (χ3v) is 7.11. The minimum Gasteiger partial charge on any atom is -0.482 e. The van der Waals surface area contributed by atoms with Gasteiger partial charge in [0.2, 0.25) is 0 Å². The van der Waals surface area contributed by atoms with Gasteiger partial charge < -0.3 is 19.2 Å². The van der Waals surface area contributed by atoms with Crippen LogP contribution >= 0.6 is 0 Å². The summed E-state index contributed by atoms with van der Waals surface area (Å²) in [6, 6.07) is 8.46. The molecule has 0 bridgehead atoms. The number of carbonyl (C=O) groups excluding carboxylic acids is 1. The Labute approximate surface area is 200 Å². The second kappa shape index (κ2) is 7.24. The van der Waals surface area contributed by atoms with Gasteiger partial charge in [-0.05, 0) is 62.4 Å². The second-order valence-electron chi connectivity index (χ2n) is 9.80. The van der Waals surface area contributed by atoms with Crippen LogP contribution in [0.2, 0.25) is 0 Å². The van der Waals surface area contributed by atoms with E-state index < -0.39 is 11.7 Å². The van der Waals surface area contributed by atoms with E-state index in [2.05, 4.69) is 20.5 Å². The number of halogens is 1. The summed E-state index contributed by atoms with van der Waals surface area (Å²) in [6.45, 7) is 2.48. The summed E-state index contributed by atoms with van der Waals surface area (Å²) in [5, 5.41) is 11.2. The van der Waals surface area contributed by atoms with Crippen LogP contribution in [0.4, 0.5) is 10.1 Å². The Morgan fingerprint density at radius 2 is 2.09 bits per heavy atom. The van der Waals surface area contributed by atoms with E-state index in [1.54, 1.807) is 24.8 Å². The first-order valence-corrected chi connectivity index (χ1v) is 11.9. The number of imidazole rings is 1. The van der Waals surface area contributed by atoms with Crippen LogP contribution in [-0.4, -0.2) is 35.8 Å². The summed E-state index contributed by atoms with van der Waals surface area (Å²) in [6.07, 6.45) is 9.52. The Hall–Kier alpha value is -4.01. The van der Waals surface area contributed by atoms with E-state index in [1.165, 1.54) is 6.07 Å². The van der Waals surface area contributed by atoms with Crippen LogP contribution in [0.15, 0.2) is 49.2 Å². The standard InChI is InChI=1S/C26H23FN6O2/c1-15-9-19(27)18(10-22(15)32-11-21(28-13-32)16-5-6-16)25(34)30-20-4-2-3-17-23(20)35-26(7-8-26)12-33-14-29-31-24(17)33/h2-4,9-11,13-14,16H,5-8,12H2,1H3,(H,30,34). The molecule has 3 heterocycles. The van der Waals surface area contributed by atoms with Crippen molar-refractivity contribution < 1.29 is 13.9 Å². The van der Waals surface area contributed by atoms with Crippen LogP contribution in [0.5, 0.6) is 5.75 Å². The molecule has 0 saturated heterocycles. The number of nitrogens with one attached hydrogen (secondary N) is 1. The lowest BCUT2D eigenvalue weighted by Crippen LogP contribution is -2.24. The molecule has 0 unspecified atom stereocenters. The van der Waals surface area contributed by atoms with Crippen LogP contribution in [0.25, 0.3) is 17.1 Å². The zero-order valence-corrected chi connectivity index (χ0v) is 19.2. The molecule has 1 aliphatic heterocycles. The van der Waals surface area contributed by atoms with Crippen molar-refractivity contribution in [2.45, 2.75) is 50.7 Å². The maximum atomic E-state index is 15.0. The van der Waals surface area contributed by atoms with Crippen LogP contribution in [0.3, 0.4) is 0 Å². The molecule has 9 heteroatoms. The summed E-state index contributed by atoms with van der Waals surface area (Å²) in [5.41, 5.74) is 3.35. The third-order valence-electron chi connectivity index (χ3n) is 7.11. The second-order valence-corrected chi connectivity index (χ2v) is 9.80. The zero-order chi connectivity index (χ0) is 23.7. The summed E-state index contributed by atoms with van der Waals surface area (Å²) < 4.78 is 25.3. The van der Waals surface area contributed by atoms with Gasteiger partial charge in [-0.15, -0.1) is 10.2 Å². The van der Waals surface area contributed by atoms with E-state index in [4.69, 9.17) is 4.74 Å². The van der Waals surface area contributed by atoms with Crippen molar-refractivity contribution >= 4 is 11.6 Å².